The van der Waals surface area contributed by atoms with Crippen molar-refractivity contribution in [3.8, 4) is 0 Å². The van der Waals surface area contributed by atoms with Crippen molar-refractivity contribution in [3.05, 3.63) is 35.9 Å². The predicted octanol–water partition coefficient (Wildman–Crippen LogP) is 5.81. The molecule has 0 radical (unpaired) electrons. The average Bonchev–Trinajstić information content (AvgIpc) is 2.45. The van der Waals surface area contributed by atoms with Gasteiger partial charge in [-0.1, -0.05) is 62.9 Å². The van der Waals surface area contributed by atoms with Crippen molar-refractivity contribution in [1.82, 2.24) is 0 Å². The van der Waals surface area contributed by atoms with Crippen LogP contribution in [-0.2, 0) is 10.8 Å². The Morgan fingerprint density at radius 3 is 2.30 bits per heavy atom. The zero-order valence-electron chi connectivity index (χ0n) is 13.7. The van der Waals surface area contributed by atoms with Crippen molar-refractivity contribution in [3.63, 3.8) is 0 Å². The first-order valence-corrected chi connectivity index (χ1v) is 11.4. The minimum absolute atomic E-state index is 0.980. The molecule has 0 heterocycles. The van der Waals surface area contributed by atoms with E-state index in [-0.39, 0.29) is 0 Å². The second-order valence-electron chi connectivity index (χ2n) is 6.36. The molecule has 1 rings (SSSR count). The van der Waals surface area contributed by atoms with Gasteiger partial charge in [-0.25, -0.2) is 0 Å². The Bertz CT molecular complexity index is 335. The van der Waals surface area contributed by atoms with E-state index in [1.54, 1.807) is 0 Å². The second kappa shape index (κ2) is 10.2. The van der Waals surface area contributed by atoms with Gasteiger partial charge in [0, 0.05) is 6.61 Å². The van der Waals surface area contributed by atoms with Gasteiger partial charge < -0.3 is 4.43 Å². The maximum absolute atomic E-state index is 6.14. The summed E-state index contributed by atoms with van der Waals surface area (Å²) in [7, 11) is -1.35. The minimum atomic E-state index is -1.35. The van der Waals surface area contributed by atoms with Crippen molar-refractivity contribution < 1.29 is 4.43 Å². The number of hydrogen-bond donors (Lipinski definition) is 0. The Morgan fingerprint density at radius 2 is 1.60 bits per heavy atom. The highest BCUT2D eigenvalue weighted by Crippen LogP contribution is 2.16. The third kappa shape index (κ3) is 8.54. The van der Waals surface area contributed by atoms with Crippen LogP contribution in [0.3, 0.4) is 0 Å². The van der Waals surface area contributed by atoms with Crippen LogP contribution in [0, 0.1) is 0 Å². The highest BCUT2D eigenvalue weighted by Gasteiger charge is 2.20. The SMILES string of the molecule is CCCC[Si](C)(C)OCCCCCCc1ccccc1. The lowest BCUT2D eigenvalue weighted by atomic mass is 10.1. The normalized spacial score (nSPS) is 11.8. The molecule has 0 aliphatic heterocycles. The molecule has 0 saturated carbocycles. The number of benzene rings is 1. The maximum atomic E-state index is 6.14. The topological polar surface area (TPSA) is 9.23 Å². The van der Waals surface area contributed by atoms with Gasteiger partial charge in [0.2, 0.25) is 0 Å². The molecule has 0 bridgehead atoms. The fraction of sp³-hybridized carbons (Fsp3) is 0.667. The quantitative estimate of drug-likeness (QED) is 0.369. The number of rotatable bonds is 11. The first-order chi connectivity index (χ1) is 9.64. The van der Waals surface area contributed by atoms with E-state index >= 15 is 0 Å². The molecular formula is C18H32OSi. The monoisotopic (exact) mass is 292 g/mol. The smallest absolute Gasteiger partial charge is 0.186 e. The highest BCUT2D eigenvalue weighted by molar-refractivity contribution is 6.71. The van der Waals surface area contributed by atoms with Crippen LogP contribution in [0.15, 0.2) is 30.3 Å². The van der Waals surface area contributed by atoms with Gasteiger partial charge >= 0.3 is 0 Å². The van der Waals surface area contributed by atoms with Crippen molar-refractivity contribution in [2.75, 3.05) is 6.61 Å². The summed E-state index contributed by atoms with van der Waals surface area (Å²) in [5.74, 6) is 0. The highest BCUT2D eigenvalue weighted by atomic mass is 28.4. The number of hydrogen-bond acceptors (Lipinski definition) is 1. The largest absolute Gasteiger partial charge is 0.417 e. The summed E-state index contributed by atoms with van der Waals surface area (Å²) in [5.41, 5.74) is 1.47. The van der Waals surface area contributed by atoms with Crippen molar-refractivity contribution in [1.29, 1.82) is 0 Å². The molecule has 114 valence electrons. The molecule has 0 aliphatic carbocycles. The molecule has 20 heavy (non-hydrogen) atoms. The molecule has 0 fully saturated rings. The average molecular weight is 293 g/mol. The molecule has 1 aromatic rings. The first kappa shape index (κ1) is 17.4. The summed E-state index contributed by atoms with van der Waals surface area (Å²) in [4.78, 5) is 0. The first-order valence-electron chi connectivity index (χ1n) is 8.32. The lowest BCUT2D eigenvalue weighted by Gasteiger charge is -2.22. The van der Waals surface area contributed by atoms with Gasteiger partial charge in [0.1, 0.15) is 0 Å². The van der Waals surface area contributed by atoms with Crippen LogP contribution in [0.2, 0.25) is 19.1 Å². The van der Waals surface area contributed by atoms with Crippen molar-refractivity contribution in [2.24, 2.45) is 0 Å². The van der Waals surface area contributed by atoms with Gasteiger partial charge in [-0.05, 0) is 44.0 Å². The molecule has 0 amide bonds. The number of unbranched alkanes of at least 4 members (excludes halogenated alkanes) is 4. The van der Waals surface area contributed by atoms with Gasteiger partial charge in [0.05, 0.1) is 0 Å². The lowest BCUT2D eigenvalue weighted by Crippen LogP contribution is -2.30. The predicted molar refractivity (Wildman–Crippen MR) is 91.8 cm³/mol. The molecule has 0 spiro atoms. The molecular weight excluding hydrogens is 260 g/mol. The summed E-state index contributed by atoms with van der Waals surface area (Å²) in [6, 6.07) is 12.1. The fourth-order valence-electron chi connectivity index (χ4n) is 2.45. The van der Waals surface area contributed by atoms with Gasteiger partial charge in [-0.15, -0.1) is 0 Å². The number of aryl methyl sites for hydroxylation is 1. The molecule has 0 aromatic heterocycles. The van der Waals surface area contributed by atoms with Gasteiger partial charge in [0.25, 0.3) is 0 Å². The second-order valence-corrected chi connectivity index (χ2v) is 10.7. The van der Waals surface area contributed by atoms with Crippen LogP contribution in [-0.4, -0.2) is 14.9 Å². The van der Waals surface area contributed by atoms with Gasteiger partial charge in [-0.3, -0.25) is 0 Å². The van der Waals surface area contributed by atoms with Crippen LogP contribution >= 0.6 is 0 Å². The molecule has 1 aromatic carbocycles. The Hall–Kier alpha value is -0.603. The van der Waals surface area contributed by atoms with E-state index in [2.05, 4.69) is 50.3 Å². The minimum Gasteiger partial charge on any atom is -0.417 e. The van der Waals surface area contributed by atoms with E-state index in [1.165, 1.54) is 56.6 Å². The van der Waals surface area contributed by atoms with Crippen LogP contribution in [0.4, 0.5) is 0 Å². The van der Waals surface area contributed by atoms with Gasteiger partial charge in [-0.2, -0.15) is 0 Å². The Labute approximate surface area is 126 Å². The molecule has 2 heteroatoms. The van der Waals surface area contributed by atoms with E-state index in [1.807, 2.05) is 0 Å². The van der Waals surface area contributed by atoms with E-state index in [0.29, 0.717) is 0 Å². The summed E-state index contributed by atoms with van der Waals surface area (Å²) in [5, 5.41) is 0. The molecule has 1 nitrogen and oxygen atoms in total. The molecule has 0 unspecified atom stereocenters. The summed E-state index contributed by atoms with van der Waals surface area (Å²) in [6.07, 6.45) is 9.02. The standard InChI is InChI=1S/C18H32OSi/c1-4-5-17-20(2,3)19-16-12-7-6-9-13-18-14-10-8-11-15-18/h8,10-11,14-15H,4-7,9,12-13,16-17H2,1-3H3. The van der Waals surface area contributed by atoms with E-state index in [9.17, 15) is 0 Å². The maximum Gasteiger partial charge on any atom is 0.186 e. The summed E-state index contributed by atoms with van der Waals surface area (Å²) >= 11 is 0. The van der Waals surface area contributed by atoms with E-state index in [4.69, 9.17) is 4.43 Å². The van der Waals surface area contributed by atoms with Crippen LogP contribution < -0.4 is 0 Å². The molecule has 0 atom stereocenters. The molecule has 0 N–H and O–H groups in total. The lowest BCUT2D eigenvalue weighted by molar-refractivity contribution is 0.293. The Balaban J connectivity index is 1.97. The molecule has 0 aliphatic rings. The van der Waals surface area contributed by atoms with Crippen LogP contribution in [0.5, 0.6) is 0 Å². The zero-order valence-corrected chi connectivity index (χ0v) is 14.7. The summed E-state index contributed by atoms with van der Waals surface area (Å²) < 4.78 is 6.14. The zero-order chi connectivity index (χ0) is 14.7. The Kier molecular flexibility index (Phi) is 8.87. The van der Waals surface area contributed by atoms with Crippen molar-refractivity contribution >= 4 is 8.32 Å². The van der Waals surface area contributed by atoms with E-state index in [0.717, 1.165) is 6.61 Å². The Morgan fingerprint density at radius 1 is 0.900 bits per heavy atom. The van der Waals surface area contributed by atoms with Crippen LogP contribution in [0.25, 0.3) is 0 Å². The fourth-order valence-corrected chi connectivity index (χ4v) is 4.50. The third-order valence-electron chi connectivity index (χ3n) is 3.83. The van der Waals surface area contributed by atoms with Crippen LogP contribution in [0.1, 0.15) is 51.0 Å². The molecule has 0 saturated heterocycles. The van der Waals surface area contributed by atoms with E-state index < -0.39 is 8.32 Å². The van der Waals surface area contributed by atoms with Crippen molar-refractivity contribution in [2.45, 2.75) is 71.0 Å². The van der Waals surface area contributed by atoms with Gasteiger partial charge in [0.15, 0.2) is 8.32 Å². The third-order valence-corrected chi connectivity index (χ3v) is 6.37. The summed E-state index contributed by atoms with van der Waals surface area (Å²) in [6.45, 7) is 7.96.